The molecule has 1 aliphatic carbocycles. The number of hydrogen-bond donors (Lipinski definition) is 4. The number of alkyl carbamates (subject to hydrolysis) is 1. The van der Waals surface area contributed by atoms with Crippen molar-refractivity contribution in [1.82, 2.24) is 20.2 Å². The predicted molar refractivity (Wildman–Crippen MR) is 117 cm³/mol. The van der Waals surface area contributed by atoms with Crippen molar-refractivity contribution in [3.8, 4) is 0 Å². The number of carbonyl (C=O) groups is 1. The van der Waals surface area contributed by atoms with E-state index in [0.29, 0.717) is 29.6 Å². The number of aromatic amines is 1. The molecule has 2 aliphatic rings. The summed E-state index contributed by atoms with van der Waals surface area (Å²) in [5.41, 5.74) is 2.57. The molecule has 9 nitrogen and oxygen atoms in total. The first kappa shape index (κ1) is 21.6. The Labute approximate surface area is 182 Å². The molecule has 31 heavy (non-hydrogen) atoms. The molecule has 4 rings (SSSR count). The largest absolute Gasteiger partial charge is 0.446 e. The van der Waals surface area contributed by atoms with Crippen LogP contribution in [-0.4, -0.2) is 43.4 Å². The number of anilines is 2. The SMILES string of the molecule is CC(C)NC(=O)OC1CCC(c2cc(Nc3cccc4c3CCNS4(=O)=O)n[nH]2)CC1. The van der Waals surface area contributed by atoms with E-state index in [9.17, 15) is 13.2 Å². The third-order valence-electron chi connectivity index (χ3n) is 5.74. The highest BCUT2D eigenvalue weighted by atomic mass is 32.2. The topological polar surface area (TPSA) is 125 Å². The minimum Gasteiger partial charge on any atom is -0.446 e. The van der Waals surface area contributed by atoms with Gasteiger partial charge >= 0.3 is 6.09 Å². The van der Waals surface area contributed by atoms with Crippen LogP contribution in [0.4, 0.5) is 16.3 Å². The number of sulfonamides is 1. The molecule has 1 fully saturated rings. The van der Waals surface area contributed by atoms with Crippen LogP contribution in [0.2, 0.25) is 0 Å². The number of benzene rings is 1. The van der Waals surface area contributed by atoms with E-state index in [1.54, 1.807) is 12.1 Å². The number of nitrogens with zero attached hydrogens (tertiary/aromatic N) is 1. The maximum atomic E-state index is 12.2. The van der Waals surface area contributed by atoms with E-state index in [1.807, 2.05) is 26.0 Å². The van der Waals surface area contributed by atoms with E-state index in [1.165, 1.54) is 0 Å². The minimum absolute atomic E-state index is 0.0538. The van der Waals surface area contributed by atoms with Crippen molar-refractivity contribution in [2.24, 2.45) is 0 Å². The van der Waals surface area contributed by atoms with Gasteiger partial charge in [0.15, 0.2) is 5.82 Å². The summed E-state index contributed by atoms with van der Waals surface area (Å²) in [6, 6.07) is 7.27. The van der Waals surface area contributed by atoms with Gasteiger partial charge in [0.25, 0.3) is 0 Å². The molecular formula is C21H29N5O4S. The number of ether oxygens (including phenoxy) is 1. The van der Waals surface area contributed by atoms with Crippen molar-refractivity contribution in [3.05, 3.63) is 35.5 Å². The summed E-state index contributed by atoms with van der Waals surface area (Å²) in [7, 11) is -3.45. The van der Waals surface area contributed by atoms with Gasteiger partial charge in [0.05, 0.1) is 4.90 Å². The first-order valence-electron chi connectivity index (χ1n) is 10.7. The Kier molecular flexibility index (Phi) is 6.19. The van der Waals surface area contributed by atoms with Crippen molar-refractivity contribution < 1.29 is 17.9 Å². The Morgan fingerprint density at radius 3 is 2.74 bits per heavy atom. The van der Waals surface area contributed by atoms with Crippen LogP contribution in [-0.2, 0) is 21.2 Å². The molecule has 2 heterocycles. The Morgan fingerprint density at radius 1 is 1.23 bits per heavy atom. The first-order valence-corrected chi connectivity index (χ1v) is 12.2. The number of amides is 1. The van der Waals surface area contributed by atoms with E-state index < -0.39 is 10.0 Å². The summed E-state index contributed by atoms with van der Waals surface area (Å²) in [5.74, 6) is 0.986. The normalized spacial score (nSPS) is 22.5. The molecule has 1 amide bonds. The Balaban J connectivity index is 1.38. The van der Waals surface area contributed by atoms with Gasteiger partial charge in [0, 0.05) is 36.0 Å². The molecule has 0 spiro atoms. The number of nitrogens with one attached hydrogen (secondary N) is 4. The third-order valence-corrected chi connectivity index (χ3v) is 7.29. The maximum absolute atomic E-state index is 12.2. The molecule has 0 radical (unpaired) electrons. The van der Waals surface area contributed by atoms with Crippen molar-refractivity contribution in [3.63, 3.8) is 0 Å². The molecule has 1 aromatic carbocycles. The fourth-order valence-corrected chi connectivity index (χ4v) is 5.56. The molecule has 0 unspecified atom stereocenters. The molecule has 168 valence electrons. The number of fused-ring (bicyclic) bond motifs is 1. The standard InChI is InChI=1S/C21H29N5O4S/c1-13(2)23-21(27)30-15-8-6-14(7-9-15)18-12-20(26-25-18)24-17-4-3-5-19-16(17)10-11-22-31(19,28)29/h3-5,12-15,22H,6-11H2,1-2H3,(H,23,27)(H2,24,25,26). The monoisotopic (exact) mass is 447 g/mol. The molecule has 1 aromatic heterocycles. The second-order valence-corrected chi connectivity index (χ2v) is 10.2. The number of hydrogen-bond acceptors (Lipinski definition) is 6. The second kappa shape index (κ2) is 8.88. The number of carbonyl (C=O) groups excluding carboxylic acids is 1. The minimum atomic E-state index is -3.45. The van der Waals surface area contributed by atoms with Crippen LogP contribution in [0, 0.1) is 0 Å². The third kappa shape index (κ3) is 5.01. The Bertz CT molecular complexity index is 1040. The van der Waals surface area contributed by atoms with E-state index in [-0.39, 0.29) is 18.2 Å². The molecule has 0 atom stereocenters. The van der Waals surface area contributed by atoms with Crippen LogP contribution in [0.3, 0.4) is 0 Å². The van der Waals surface area contributed by atoms with Crippen molar-refractivity contribution in [1.29, 1.82) is 0 Å². The van der Waals surface area contributed by atoms with Gasteiger partial charge < -0.3 is 15.4 Å². The molecule has 1 saturated carbocycles. The molecule has 10 heteroatoms. The predicted octanol–water partition coefficient (Wildman–Crippen LogP) is 3.15. The van der Waals surface area contributed by atoms with Crippen LogP contribution in [0.15, 0.2) is 29.2 Å². The number of rotatable bonds is 5. The summed E-state index contributed by atoms with van der Waals surface area (Å²) < 4.78 is 32.5. The van der Waals surface area contributed by atoms with Crippen LogP contribution >= 0.6 is 0 Å². The van der Waals surface area contributed by atoms with Crippen molar-refractivity contribution in [2.45, 2.75) is 68.9 Å². The number of aromatic nitrogens is 2. The summed E-state index contributed by atoms with van der Waals surface area (Å²) in [6.07, 6.45) is 3.67. The summed E-state index contributed by atoms with van der Waals surface area (Å²) in [5, 5.41) is 13.5. The van der Waals surface area contributed by atoms with Gasteiger partial charge in [-0.05, 0) is 63.6 Å². The zero-order valence-corrected chi connectivity index (χ0v) is 18.6. The lowest BCUT2D eigenvalue weighted by molar-refractivity contribution is 0.0697. The van der Waals surface area contributed by atoms with Gasteiger partial charge in [-0.25, -0.2) is 17.9 Å². The number of H-pyrrole nitrogens is 1. The summed E-state index contributed by atoms with van der Waals surface area (Å²) >= 11 is 0. The van der Waals surface area contributed by atoms with E-state index in [0.717, 1.165) is 42.6 Å². The van der Waals surface area contributed by atoms with Crippen LogP contribution in [0.1, 0.15) is 56.7 Å². The molecule has 1 aliphatic heterocycles. The highest BCUT2D eigenvalue weighted by molar-refractivity contribution is 7.89. The highest BCUT2D eigenvalue weighted by Crippen LogP contribution is 2.35. The van der Waals surface area contributed by atoms with Crippen molar-refractivity contribution >= 4 is 27.6 Å². The lowest BCUT2D eigenvalue weighted by Crippen LogP contribution is -2.34. The second-order valence-electron chi connectivity index (χ2n) is 8.44. The van der Waals surface area contributed by atoms with Crippen LogP contribution < -0.4 is 15.4 Å². The lowest BCUT2D eigenvalue weighted by Gasteiger charge is -2.27. The first-order chi connectivity index (χ1) is 14.8. The van der Waals surface area contributed by atoms with Gasteiger partial charge in [-0.15, -0.1) is 0 Å². The summed E-state index contributed by atoms with van der Waals surface area (Å²) in [6.45, 7) is 4.20. The zero-order valence-electron chi connectivity index (χ0n) is 17.8. The molecular weight excluding hydrogens is 418 g/mol. The van der Waals surface area contributed by atoms with Gasteiger partial charge in [-0.1, -0.05) is 6.07 Å². The van der Waals surface area contributed by atoms with Crippen LogP contribution in [0.5, 0.6) is 0 Å². The van der Waals surface area contributed by atoms with Crippen LogP contribution in [0.25, 0.3) is 0 Å². The average molecular weight is 448 g/mol. The van der Waals surface area contributed by atoms with Gasteiger partial charge in [-0.3, -0.25) is 5.10 Å². The fraction of sp³-hybridized carbons (Fsp3) is 0.524. The van der Waals surface area contributed by atoms with Crippen molar-refractivity contribution in [2.75, 3.05) is 11.9 Å². The lowest BCUT2D eigenvalue weighted by atomic mass is 9.85. The van der Waals surface area contributed by atoms with Gasteiger partial charge in [0.2, 0.25) is 10.0 Å². The Morgan fingerprint density at radius 2 is 2.00 bits per heavy atom. The van der Waals surface area contributed by atoms with Gasteiger partial charge in [-0.2, -0.15) is 5.10 Å². The maximum Gasteiger partial charge on any atom is 0.407 e. The Hall–Kier alpha value is -2.59. The smallest absolute Gasteiger partial charge is 0.407 e. The molecule has 2 aromatic rings. The quantitative estimate of drug-likeness (QED) is 0.558. The highest BCUT2D eigenvalue weighted by Gasteiger charge is 2.27. The zero-order chi connectivity index (χ0) is 22.0. The van der Waals surface area contributed by atoms with Gasteiger partial charge in [0.1, 0.15) is 6.10 Å². The average Bonchev–Trinajstić information content (AvgIpc) is 3.17. The van der Waals surface area contributed by atoms with E-state index in [2.05, 4.69) is 25.6 Å². The van der Waals surface area contributed by atoms with E-state index >= 15 is 0 Å². The van der Waals surface area contributed by atoms with E-state index in [4.69, 9.17) is 4.74 Å². The molecule has 4 N–H and O–H groups in total. The fourth-order valence-electron chi connectivity index (χ4n) is 4.24. The summed E-state index contributed by atoms with van der Waals surface area (Å²) in [4.78, 5) is 12.1. The molecule has 0 bridgehead atoms. The molecule has 0 saturated heterocycles.